The zero-order valence-corrected chi connectivity index (χ0v) is 14.8. The first-order valence-corrected chi connectivity index (χ1v) is 8.96. The molecule has 3 rings (SSSR count). The van der Waals surface area contributed by atoms with Gasteiger partial charge in [-0.1, -0.05) is 11.6 Å². The van der Waals surface area contributed by atoms with Crippen molar-refractivity contribution >= 4 is 17.5 Å². The summed E-state index contributed by atoms with van der Waals surface area (Å²) >= 11 is 6.04. The molecule has 24 heavy (non-hydrogen) atoms. The van der Waals surface area contributed by atoms with Gasteiger partial charge in [-0.15, -0.1) is 0 Å². The van der Waals surface area contributed by atoms with Crippen molar-refractivity contribution in [2.75, 3.05) is 26.8 Å². The maximum absolute atomic E-state index is 12.8. The summed E-state index contributed by atoms with van der Waals surface area (Å²) in [5.41, 5.74) is 6.59. The molecule has 0 aromatic heterocycles. The Kier molecular flexibility index (Phi) is 5.64. The molecule has 0 radical (unpaired) electrons. The van der Waals surface area contributed by atoms with Crippen LogP contribution in [0.2, 0.25) is 5.02 Å². The number of ether oxygens (including phenoxy) is 2. The molecular formula is C18H25ClN2O3. The lowest BCUT2D eigenvalue weighted by atomic mass is 9.86. The maximum Gasteiger partial charge on any atom is 0.257 e. The van der Waals surface area contributed by atoms with Crippen molar-refractivity contribution < 1.29 is 14.3 Å². The van der Waals surface area contributed by atoms with E-state index in [9.17, 15) is 4.79 Å². The first-order valence-electron chi connectivity index (χ1n) is 8.58. The van der Waals surface area contributed by atoms with Crippen LogP contribution in [0.3, 0.4) is 0 Å². The van der Waals surface area contributed by atoms with E-state index in [4.69, 9.17) is 26.8 Å². The predicted molar refractivity (Wildman–Crippen MR) is 93.6 cm³/mol. The van der Waals surface area contributed by atoms with Crippen molar-refractivity contribution in [2.24, 2.45) is 11.7 Å². The third-order valence-corrected chi connectivity index (χ3v) is 5.34. The molecule has 2 unspecified atom stereocenters. The molecule has 1 aromatic rings. The van der Waals surface area contributed by atoms with Crippen LogP contribution in [0.4, 0.5) is 0 Å². The normalized spacial score (nSPS) is 25.5. The molecule has 0 aliphatic carbocycles. The number of nitrogens with zero attached hydrogens (tertiary/aromatic N) is 1. The minimum Gasteiger partial charge on any atom is -0.496 e. The Hall–Kier alpha value is -1.30. The van der Waals surface area contributed by atoms with Crippen LogP contribution in [0, 0.1) is 5.92 Å². The summed E-state index contributed by atoms with van der Waals surface area (Å²) < 4.78 is 11.2. The van der Waals surface area contributed by atoms with Gasteiger partial charge in [0.2, 0.25) is 0 Å². The van der Waals surface area contributed by atoms with E-state index >= 15 is 0 Å². The summed E-state index contributed by atoms with van der Waals surface area (Å²) in [6, 6.07) is 5.39. The number of methoxy groups -OCH3 is 1. The highest BCUT2D eigenvalue weighted by molar-refractivity contribution is 6.31. The van der Waals surface area contributed by atoms with E-state index in [-0.39, 0.29) is 18.1 Å². The number of rotatable bonds is 3. The van der Waals surface area contributed by atoms with Crippen molar-refractivity contribution in [1.29, 1.82) is 0 Å². The number of hydrogen-bond acceptors (Lipinski definition) is 4. The molecule has 1 aromatic carbocycles. The average molecular weight is 353 g/mol. The van der Waals surface area contributed by atoms with Crippen molar-refractivity contribution in [2.45, 2.75) is 37.8 Å². The van der Waals surface area contributed by atoms with Crippen LogP contribution >= 0.6 is 11.6 Å². The van der Waals surface area contributed by atoms with Gasteiger partial charge in [0, 0.05) is 30.8 Å². The Morgan fingerprint density at radius 2 is 2.08 bits per heavy atom. The molecule has 2 saturated heterocycles. The van der Waals surface area contributed by atoms with Crippen LogP contribution in [-0.4, -0.2) is 49.8 Å². The Bertz CT molecular complexity index is 588. The van der Waals surface area contributed by atoms with Crippen LogP contribution in [0.1, 0.15) is 36.0 Å². The second-order valence-electron chi connectivity index (χ2n) is 6.67. The highest BCUT2D eigenvalue weighted by atomic mass is 35.5. The Balaban J connectivity index is 1.62. The van der Waals surface area contributed by atoms with Gasteiger partial charge in [-0.3, -0.25) is 4.79 Å². The highest BCUT2D eigenvalue weighted by Crippen LogP contribution is 2.30. The van der Waals surface area contributed by atoms with Gasteiger partial charge < -0.3 is 20.1 Å². The first-order chi connectivity index (χ1) is 11.6. The minimum atomic E-state index is -0.0194. The third-order valence-electron chi connectivity index (χ3n) is 5.10. The highest BCUT2D eigenvalue weighted by Gasteiger charge is 2.32. The van der Waals surface area contributed by atoms with Crippen LogP contribution in [0.5, 0.6) is 5.75 Å². The molecule has 5 nitrogen and oxygen atoms in total. The first kappa shape index (κ1) is 17.5. The largest absolute Gasteiger partial charge is 0.496 e. The number of hydrogen-bond donors (Lipinski definition) is 1. The third kappa shape index (κ3) is 3.85. The molecular weight excluding hydrogens is 328 g/mol. The number of nitrogens with two attached hydrogens (primary N) is 1. The van der Waals surface area contributed by atoms with Crippen molar-refractivity contribution in [3.8, 4) is 5.75 Å². The number of likely N-dealkylation sites (tertiary alicyclic amines) is 1. The molecule has 2 heterocycles. The van der Waals surface area contributed by atoms with E-state index in [1.165, 1.54) is 0 Å². The molecule has 2 aliphatic rings. The number of carbonyl (C=O) groups excluding carboxylic acids is 1. The standard InChI is InChI=1S/C18H25ClN2O3/c1-23-16-3-2-13(19)10-15(16)18(22)21-7-4-12(5-8-21)17-11-14(20)6-9-24-17/h2-3,10,12,14,17H,4-9,11,20H2,1H3. The molecule has 6 heteroatoms. The predicted octanol–water partition coefficient (Wildman–Crippen LogP) is 2.71. The number of carbonyl (C=O) groups is 1. The van der Waals surface area contributed by atoms with Crippen LogP contribution in [-0.2, 0) is 4.74 Å². The monoisotopic (exact) mass is 352 g/mol. The fourth-order valence-corrected chi connectivity index (χ4v) is 3.85. The average Bonchev–Trinajstić information content (AvgIpc) is 2.61. The lowest BCUT2D eigenvalue weighted by Gasteiger charge is -2.38. The molecule has 0 saturated carbocycles. The smallest absolute Gasteiger partial charge is 0.257 e. The van der Waals surface area contributed by atoms with E-state index in [1.54, 1.807) is 25.3 Å². The Morgan fingerprint density at radius 3 is 2.75 bits per heavy atom. The Morgan fingerprint density at radius 1 is 1.33 bits per heavy atom. The summed E-state index contributed by atoms with van der Waals surface area (Å²) in [4.78, 5) is 14.7. The molecule has 132 valence electrons. The molecule has 0 bridgehead atoms. The van der Waals surface area contributed by atoms with Crippen molar-refractivity contribution in [3.63, 3.8) is 0 Å². The maximum atomic E-state index is 12.8. The van der Waals surface area contributed by atoms with Gasteiger partial charge in [0.1, 0.15) is 5.75 Å². The quantitative estimate of drug-likeness (QED) is 0.908. The summed E-state index contributed by atoms with van der Waals surface area (Å²) in [6.45, 7) is 2.22. The van der Waals surface area contributed by atoms with E-state index in [0.29, 0.717) is 22.3 Å². The number of piperidine rings is 1. The molecule has 2 atom stereocenters. The topological polar surface area (TPSA) is 64.8 Å². The molecule has 1 amide bonds. The van der Waals surface area contributed by atoms with Crippen molar-refractivity contribution in [1.82, 2.24) is 4.90 Å². The fraction of sp³-hybridized carbons (Fsp3) is 0.611. The van der Waals surface area contributed by atoms with E-state index < -0.39 is 0 Å². The van der Waals surface area contributed by atoms with Gasteiger partial charge in [0.05, 0.1) is 18.8 Å². The summed E-state index contributed by atoms with van der Waals surface area (Å²) in [7, 11) is 1.57. The molecule has 2 fully saturated rings. The zero-order valence-electron chi connectivity index (χ0n) is 14.0. The summed E-state index contributed by atoms with van der Waals surface area (Å²) in [5.74, 6) is 1.03. The Labute approximate surface area is 148 Å². The summed E-state index contributed by atoms with van der Waals surface area (Å²) in [6.07, 6.45) is 4.02. The minimum absolute atomic E-state index is 0.0194. The zero-order chi connectivity index (χ0) is 17.1. The van der Waals surface area contributed by atoms with Gasteiger partial charge in [-0.05, 0) is 49.8 Å². The van der Waals surface area contributed by atoms with Gasteiger partial charge in [0.15, 0.2) is 0 Å². The van der Waals surface area contributed by atoms with Crippen LogP contribution in [0.25, 0.3) is 0 Å². The second kappa shape index (κ2) is 7.72. The van der Waals surface area contributed by atoms with E-state index in [0.717, 1.165) is 45.4 Å². The lowest BCUT2D eigenvalue weighted by Crippen LogP contribution is -2.45. The fourth-order valence-electron chi connectivity index (χ4n) is 3.68. The molecule has 2 aliphatic heterocycles. The van der Waals surface area contributed by atoms with Crippen molar-refractivity contribution in [3.05, 3.63) is 28.8 Å². The van der Waals surface area contributed by atoms with Gasteiger partial charge in [-0.25, -0.2) is 0 Å². The van der Waals surface area contributed by atoms with Gasteiger partial charge in [-0.2, -0.15) is 0 Å². The number of halogens is 1. The lowest BCUT2D eigenvalue weighted by molar-refractivity contribution is -0.0419. The van der Waals surface area contributed by atoms with Gasteiger partial charge >= 0.3 is 0 Å². The van der Waals surface area contributed by atoms with E-state index in [1.807, 2.05) is 4.90 Å². The summed E-state index contributed by atoms with van der Waals surface area (Å²) in [5, 5.41) is 0.540. The van der Waals surface area contributed by atoms with E-state index in [2.05, 4.69) is 0 Å². The van der Waals surface area contributed by atoms with Crippen LogP contribution in [0.15, 0.2) is 18.2 Å². The number of benzene rings is 1. The van der Waals surface area contributed by atoms with Crippen LogP contribution < -0.4 is 10.5 Å². The molecule has 2 N–H and O–H groups in total. The number of amides is 1. The molecule has 0 spiro atoms. The second-order valence-corrected chi connectivity index (χ2v) is 7.10. The SMILES string of the molecule is COc1ccc(Cl)cc1C(=O)N1CCC(C2CC(N)CCO2)CC1. The van der Waals surface area contributed by atoms with Gasteiger partial charge in [0.25, 0.3) is 5.91 Å².